The van der Waals surface area contributed by atoms with Gasteiger partial charge in [-0.2, -0.15) is 4.98 Å². The molecular weight excluding hydrogens is 823 g/mol. The Morgan fingerprint density at radius 1 is 0.906 bits per heavy atom. The number of piperazine rings is 1. The highest BCUT2D eigenvalue weighted by Crippen LogP contribution is 2.34. The Morgan fingerprint density at radius 2 is 1.69 bits per heavy atom. The first-order chi connectivity index (χ1) is 31.0. The highest BCUT2D eigenvalue weighted by Gasteiger charge is 2.40. The summed E-state index contributed by atoms with van der Waals surface area (Å²) in [5, 5.41) is 12.1. The van der Waals surface area contributed by atoms with Crippen molar-refractivity contribution in [3.8, 4) is 0 Å². The molecule has 3 aliphatic heterocycles. The normalized spacial score (nSPS) is 18.1. The standard InChI is InChI=1S/C45H55N11O8/c1-28-33-25-49-45(52-41(33)56(31-7-3-4-8-31)44(62)39(28)29(2)57)50-36-12-10-32(24-48-36)54-17-15-53(16-18-54)19-21-64-23-22-63-20-14-46-38(59)26-47-34-9-5-6-30-27-55(43(61)40(30)34)35-11-13-37(58)51-42(35)60/h5-6,9-10,12,24-25,31,35,47H,3-4,7-8,11,13-23,26-27H2,1-2H3,(H,46,59)(H,51,58,60)(H,48,49,50,52). The van der Waals surface area contributed by atoms with Crippen LogP contribution in [-0.2, 0) is 30.4 Å². The van der Waals surface area contributed by atoms with Gasteiger partial charge in [-0.05, 0) is 62.4 Å². The molecule has 1 aliphatic carbocycles. The van der Waals surface area contributed by atoms with Gasteiger partial charge in [-0.3, -0.25) is 43.6 Å². The van der Waals surface area contributed by atoms with Gasteiger partial charge in [0.05, 0.1) is 56.0 Å². The number of rotatable bonds is 18. The fraction of sp³-hybridized carbons (Fsp3) is 0.489. The summed E-state index contributed by atoms with van der Waals surface area (Å²) in [4.78, 5) is 95.8. The maximum atomic E-state index is 13.6. The van der Waals surface area contributed by atoms with Gasteiger partial charge in [0.2, 0.25) is 23.7 Å². The predicted octanol–water partition coefficient (Wildman–Crippen LogP) is 2.70. The van der Waals surface area contributed by atoms with Crippen LogP contribution in [0.15, 0.2) is 47.5 Å². The topological polar surface area (TPSA) is 222 Å². The number of imide groups is 1. The number of hydrogen-bond donors (Lipinski definition) is 4. The molecule has 1 aromatic carbocycles. The molecule has 2 saturated heterocycles. The van der Waals surface area contributed by atoms with E-state index in [1.54, 1.807) is 29.8 Å². The minimum Gasteiger partial charge on any atom is -0.378 e. The predicted molar refractivity (Wildman–Crippen MR) is 238 cm³/mol. The smallest absolute Gasteiger partial charge is 0.263 e. The summed E-state index contributed by atoms with van der Waals surface area (Å²) < 4.78 is 13.2. The average Bonchev–Trinajstić information content (AvgIpc) is 3.94. The van der Waals surface area contributed by atoms with Gasteiger partial charge in [-0.15, -0.1) is 0 Å². The van der Waals surface area contributed by atoms with Crippen LogP contribution < -0.4 is 31.7 Å². The van der Waals surface area contributed by atoms with E-state index in [-0.39, 0.29) is 66.6 Å². The zero-order valence-corrected chi connectivity index (χ0v) is 36.3. The van der Waals surface area contributed by atoms with Crippen molar-refractivity contribution < 1.29 is 33.4 Å². The van der Waals surface area contributed by atoms with Crippen molar-refractivity contribution in [2.24, 2.45) is 0 Å². The second-order valence-corrected chi connectivity index (χ2v) is 16.6. The summed E-state index contributed by atoms with van der Waals surface area (Å²) >= 11 is 0. The van der Waals surface area contributed by atoms with E-state index in [1.807, 2.05) is 24.4 Å². The fourth-order valence-corrected chi connectivity index (χ4v) is 9.08. The lowest BCUT2D eigenvalue weighted by Crippen LogP contribution is -2.52. The minimum absolute atomic E-state index is 0.00320. The highest BCUT2D eigenvalue weighted by molar-refractivity contribution is 6.08. The van der Waals surface area contributed by atoms with Gasteiger partial charge in [0.15, 0.2) is 5.78 Å². The minimum atomic E-state index is -0.704. The fourth-order valence-electron chi connectivity index (χ4n) is 9.08. The lowest BCUT2D eigenvalue weighted by molar-refractivity contribution is -0.137. The van der Waals surface area contributed by atoms with Crippen molar-refractivity contribution in [1.29, 1.82) is 0 Å². The van der Waals surface area contributed by atoms with E-state index in [9.17, 15) is 28.8 Å². The van der Waals surface area contributed by atoms with E-state index in [0.717, 1.165) is 69.7 Å². The number of amides is 4. The third-order valence-corrected chi connectivity index (χ3v) is 12.5. The summed E-state index contributed by atoms with van der Waals surface area (Å²) in [5.41, 5.74) is 3.80. The number of piperidine rings is 1. The summed E-state index contributed by atoms with van der Waals surface area (Å²) in [5.74, 6) is -0.683. The van der Waals surface area contributed by atoms with Crippen molar-refractivity contribution in [3.63, 3.8) is 0 Å². The van der Waals surface area contributed by atoms with Gasteiger partial charge in [0, 0.05) is 75.5 Å². The zero-order valence-electron chi connectivity index (χ0n) is 36.3. The maximum Gasteiger partial charge on any atom is 0.263 e. The molecule has 8 rings (SSSR count). The number of pyridine rings is 2. The number of benzene rings is 1. The van der Waals surface area contributed by atoms with Crippen molar-refractivity contribution in [1.82, 2.24) is 40.0 Å². The number of ketones is 1. The molecule has 4 aromatic rings. The number of fused-ring (bicyclic) bond motifs is 2. The van der Waals surface area contributed by atoms with Crippen LogP contribution in [0, 0.1) is 6.92 Å². The second-order valence-electron chi connectivity index (χ2n) is 16.6. The molecule has 19 nitrogen and oxygen atoms in total. The summed E-state index contributed by atoms with van der Waals surface area (Å²) in [7, 11) is 0. The number of ether oxygens (including phenoxy) is 2. The lowest BCUT2D eigenvalue weighted by Gasteiger charge is -2.35. The Morgan fingerprint density at radius 3 is 2.42 bits per heavy atom. The molecule has 4 aliphatic rings. The molecule has 3 fully saturated rings. The van der Waals surface area contributed by atoms with Crippen LogP contribution in [0.5, 0.6) is 0 Å². The number of anilines is 4. The Balaban J connectivity index is 0.698. The van der Waals surface area contributed by atoms with Gasteiger partial charge < -0.3 is 35.2 Å². The third-order valence-electron chi connectivity index (χ3n) is 12.5. The Hall–Kier alpha value is -6.31. The molecule has 64 heavy (non-hydrogen) atoms. The van der Waals surface area contributed by atoms with Crippen LogP contribution in [0.25, 0.3) is 11.0 Å². The SMILES string of the molecule is CC(=O)c1c(C)c2cnc(Nc3ccc(N4CCN(CCOCCOCCNC(=O)CNc5cccc6c5C(=O)N(C5CCC(=O)NC5=O)C6)CC4)cn3)nc2n(C2CCCC2)c1=O. The van der Waals surface area contributed by atoms with Crippen LogP contribution in [0.3, 0.4) is 0 Å². The molecule has 1 atom stereocenters. The number of Topliss-reactive ketones (excluding diaryl/α,β-unsaturated/α-hetero) is 1. The molecular formula is C45H55N11O8. The lowest BCUT2D eigenvalue weighted by atomic mass is 10.0. The van der Waals surface area contributed by atoms with Crippen LogP contribution in [0.4, 0.5) is 23.1 Å². The Labute approximate surface area is 370 Å². The monoisotopic (exact) mass is 877 g/mol. The van der Waals surface area contributed by atoms with E-state index in [1.165, 1.54) is 11.8 Å². The van der Waals surface area contributed by atoms with E-state index >= 15 is 0 Å². The Bertz CT molecular complexity index is 2460. The van der Waals surface area contributed by atoms with Crippen LogP contribution >= 0.6 is 0 Å². The molecule has 0 bridgehead atoms. The first-order valence-electron chi connectivity index (χ1n) is 22.1. The van der Waals surface area contributed by atoms with Gasteiger partial charge in [0.1, 0.15) is 17.5 Å². The first kappa shape index (κ1) is 44.3. The molecule has 0 spiro atoms. The van der Waals surface area contributed by atoms with Crippen molar-refractivity contribution in [3.05, 3.63) is 75.3 Å². The van der Waals surface area contributed by atoms with Crippen molar-refractivity contribution in [2.45, 2.75) is 71.0 Å². The zero-order chi connectivity index (χ0) is 44.7. The van der Waals surface area contributed by atoms with Crippen molar-refractivity contribution >= 4 is 63.6 Å². The van der Waals surface area contributed by atoms with Gasteiger partial charge in [0.25, 0.3) is 11.5 Å². The van der Waals surface area contributed by atoms with Crippen LogP contribution in [0.2, 0.25) is 0 Å². The summed E-state index contributed by atoms with van der Waals surface area (Å²) in [6, 6.07) is 8.57. The number of carbonyl (C=O) groups is 5. The summed E-state index contributed by atoms with van der Waals surface area (Å²) in [6.45, 7) is 9.78. The number of carbonyl (C=O) groups excluding carboxylic acids is 5. The van der Waals surface area contributed by atoms with E-state index in [0.29, 0.717) is 72.6 Å². The summed E-state index contributed by atoms with van der Waals surface area (Å²) in [6.07, 6.45) is 7.81. The molecule has 0 radical (unpaired) electrons. The van der Waals surface area contributed by atoms with Gasteiger partial charge in [-0.1, -0.05) is 25.0 Å². The highest BCUT2D eigenvalue weighted by atomic mass is 16.5. The number of nitrogens with one attached hydrogen (secondary N) is 4. The molecule has 4 amide bonds. The number of aryl methyl sites for hydroxylation is 1. The number of aromatic nitrogens is 4. The first-order valence-corrected chi connectivity index (χ1v) is 22.1. The molecule has 338 valence electrons. The quantitative estimate of drug-likeness (QED) is 0.0641. The second kappa shape index (κ2) is 20.0. The largest absolute Gasteiger partial charge is 0.378 e. The van der Waals surface area contributed by atoms with Gasteiger partial charge >= 0.3 is 0 Å². The van der Waals surface area contributed by atoms with Crippen LogP contribution in [-0.4, -0.2) is 137 Å². The van der Waals surface area contributed by atoms with E-state index < -0.39 is 11.9 Å². The maximum absolute atomic E-state index is 13.6. The third kappa shape index (κ3) is 9.90. The van der Waals surface area contributed by atoms with E-state index in [2.05, 4.69) is 41.0 Å². The molecule has 1 saturated carbocycles. The molecule has 6 heterocycles. The van der Waals surface area contributed by atoms with Crippen LogP contribution in [0.1, 0.15) is 83.3 Å². The molecule has 19 heteroatoms. The molecule has 4 N–H and O–H groups in total. The number of hydrogen-bond acceptors (Lipinski definition) is 15. The number of nitrogens with zero attached hydrogens (tertiary/aromatic N) is 7. The van der Waals surface area contributed by atoms with Crippen molar-refractivity contribution in [2.75, 3.05) is 87.8 Å². The molecule has 1 unspecified atom stereocenters. The Kier molecular flexibility index (Phi) is 13.9. The molecule has 3 aromatic heterocycles. The van der Waals surface area contributed by atoms with E-state index in [4.69, 9.17) is 14.5 Å². The van der Waals surface area contributed by atoms with Gasteiger partial charge in [-0.25, -0.2) is 9.97 Å². The average molecular weight is 878 g/mol.